The van der Waals surface area contributed by atoms with Gasteiger partial charge in [-0.05, 0) is 25.1 Å². The lowest BCUT2D eigenvalue weighted by Gasteiger charge is -1.98. The van der Waals surface area contributed by atoms with Crippen LogP contribution in [0.5, 0.6) is 5.75 Å². The van der Waals surface area contributed by atoms with Crippen LogP contribution in [-0.4, -0.2) is 17.9 Å². The maximum absolute atomic E-state index is 9.33. The van der Waals surface area contributed by atoms with Crippen molar-refractivity contribution in [2.75, 3.05) is 6.61 Å². The van der Waals surface area contributed by atoms with E-state index < -0.39 is 0 Å². The fourth-order valence-corrected chi connectivity index (χ4v) is 0.978. The quantitative estimate of drug-likeness (QED) is 0.600. The maximum atomic E-state index is 9.33. The van der Waals surface area contributed by atoms with E-state index in [0.717, 1.165) is 0 Å². The number of benzene rings is 1. The lowest BCUT2D eigenvalue weighted by Crippen LogP contribution is -1.85. The summed E-state index contributed by atoms with van der Waals surface area (Å²) in [7, 11) is 0. The van der Waals surface area contributed by atoms with E-state index in [1.54, 1.807) is 12.1 Å². The zero-order chi connectivity index (χ0) is 9.68. The molecule has 0 aliphatic carbocycles. The fourth-order valence-electron chi connectivity index (χ4n) is 0.797. The second kappa shape index (κ2) is 4.72. The molecule has 0 spiro atoms. The van der Waals surface area contributed by atoms with Crippen LogP contribution in [-0.2, 0) is 4.84 Å². The number of oxime groups is 1. The Labute approximate surface area is 81.6 Å². The molecule has 0 saturated carbocycles. The molecule has 13 heavy (non-hydrogen) atoms. The Morgan fingerprint density at radius 3 is 3.08 bits per heavy atom. The van der Waals surface area contributed by atoms with Crippen LogP contribution in [0.25, 0.3) is 0 Å². The largest absolute Gasteiger partial charge is 0.507 e. The average Bonchev–Trinajstić information content (AvgIpc) is 2.11. The molecule has 0 radical (unpaired) electrons. The predicted molar refractivity (Wildman–Crippen MR) is 52.3 cm³/mol. The van der Waals surface area contributed by atoms with Crippen molar-refractivity contribution in [3.05, 3.63) is 28.8 Å². The van der Waals surface area contributed by atoms with Crippen molar-refractivity contribution in [2.24, 2.45) is 5.16 Å². The van der Waals surface area contributed by atoms with Crippen molar-refractivity contribution < 1.29 is 9.94 Å². The zero-order valence-electron chi connectivity index (χ0n) is 7.20. The Morgan fingerprint density at radius 1 is 1.62 bits per heavy atom. The number of hydrogen-bond donors (Lipinski definition) is 1. The number of halogens is 1. The maximum Gasteiger partial charge on any atom is 0.124 e. The first-order valence-electron chi connectivity index (χ1n) is 3.88. The first kappa shape index (κ1) is 9.86. The molecule has 0 bridgehead atoms. The lowest BCUT2D eigenvalue weighted by atomic mass is 10.2. The molecule has 70 valence electrons. The Morgan fingerprint density at radius 2 is 2.38 bits per heavy atom. The SMILES string of the molecule is CCON=Cc1cc(Cl)ccc1O. The van der Waals surface area contributed by atoms with Crippen molar-refractivity contribution in [3.63, 3.8) is 0 Å². The first-order valence-corrected chi connectivity index (χ1v) is 4.25. The standard InChI is InChI=1S/C9H10ClNO2/c1-2-13-11-6-7-5-8(10)3-4-9(7)12/h3-6,12H,2H2,1H3. The van der Waals surface area contributed by atoms with E-state index in [4.69, 9.17) is 16.4 Å². The van der Waals surface area contributed by atoms with E-state index in [1.807, 2.05) is 6.92 Å². The van der Waals surface area contributed by atoms with Gasteiger partial charge in [-0.3, -0.25) is 0 Å². The van der Waals surface area contributed by atoms with Gasteiger partial charge in [-0.25, -0.2) is 0 Å². The van der Waals surface area contributed by atoms with Gasteiger partial charge in [0.15, 0.2) is 0 Å². The van der Waals surface area contributed by atoms with Crippen LogP contribution in [0.15, 0.2) is 23.4 Å². The summed E-state index contributed by atoms with van der Waals surface area (Å²) in [6.45, 7) is 2.33. The van der Waals surface area contributed by atoms with Gasteiger partial charge in [0.25, 0.3) is 0 Å². The minimum atomic E-state index is 0.132. The normalized spacial score (nSPS) is 10.6. The van der Waals surface area contributed by atoms with Gasteiger partial charge >= 0.3 is 0 Å². The summed E-state index contributed by atoms with van der Waals surface area (Å²) in [6.07, 6.45) is 1.42. The van der Waals surface area contributed by atoms with Gasteiger partial charge in [0.1, 0.15) is 12.4 Å². The molecule has 1 N–H and O–H groups in total. The lowest BCUT2D eigenvalue weighted by molar-refractivity contribution is 0.160. The second-order valence-electron chi connectivity index (χ2n) is 2.36. The minimum absolute atomic E-state index is 0.132. The van der Waals surface area contributed by atoms with Gasteiger partial charge in [0.05, 0.1) is 6.21 Å². The topological polar surface area (TPSA) is 41.8 Å². The third-order valence-corrected chi connectivity index (χ3v) is 1.62. The van der Waals surface area contributed by atoms with E-state index in [0.29, 0.717) is 17.2 Å². The highest BCUT2D eigenvalue weighted by atomic mass is 35.5. The van der Waals surface area contributed by atoms with Gasteiger partial charge in [-0.15, -0.1) is 0 Å². The molecule has 0 atom stereocenters. The van der Waals surface area contributed by atoms with Crippen LogP contribution < -0.4 is 0 Å². The van der Waals surface area contributed by atoms with E-state index in [-0.39, 0.29) is 5.75 Å². The second-order valence-corrected chi connectivity index (χ2v) is 2.79. The summed E-state index contributed by atoms with van der Waals surface area (Å²) in [6, 6.07) is 4.73. The van der Waals surface area contributed by atoms with Crippen molar-refractivity contribution >= 4 is 17.8 Å². The van der Waals surface area contributed by atoms with Crippen LogP contribution >= 0.6 is 11.6 Å². The molecule has 0 fully saturated rings. The molecule has 0 aliphatic rings. The number of aromatic hydroxyl groups is 1. The van der Waals surface area contributed by atoms with E-state index in [2.05, 4.69) is 5.16 Å². The summed E-state index contributed by atoms with van der Waals surface area (Å²) in [5.74, 6) is 0.132. The Kier molecular flexibility index (Phi) is 3.58. The molecule has 0 aliphatic heterocycles. The van der Waals surface area contributed by atoms with Gasteiger partial charge in [0.2, 0.25) is 0 Å². The predicted octanol–water partition coefficient (Wildman–Crippen LogP) is 2.42. The first-order chi connectivity index (χ1) is 6.24. The highest BCUT2D eigenvalue weighted by Crippen LogP contribution is 2.19. The highest BCUT2D eigenvalue weighted by Gasteiger charge is 1.98. The third kappa shape index (κ3) is 2.95. The Balaban J connectivity index is 2.81. The third-order valence-electron chi connectivity index (χ3n) is 1.39. The fraction of sp³-hybridized carbons (Fsp3) is 0.222. The van der Waals surface area contributed by atoms with Gasteiger partial charge in [-0.2, -0.15) is 0 Å². The number of nitrogens with zero attached hydrogens (tertiary/aromatic N) is 1. The molecule has 4 heteroatoms. The van der Waals surface area contributed by atoms with Crippen LogP contribution in [0.2, 0.25) is 5.02 Å². The number of phenolic OH excluding ortho intramolecular Hbond substituents is 1. The molecule has 1 aromatic carbocycles. The van der Waals surface area contributed by atoms with Crippen molar-refractivity contribution in [2.45, 2.75) is 6.92 Å². The van der Waals surface area contributed by atoms with Crippen molar-refractivity contribution in [3.8, 4) is 5.75 Å². The molecule has 0 heterocycles. The molecule has 1 aromatic rings. The van der Waals surface area contributed by atoms with Crippen LogP contribution in [0, 0.1) is 0 Å². The molecular weight excluding hydrogens is 190 g/mol. The van der Waals surface area contributed by atoms with Gasteiger partial charge in [-0.1, -0.05) is 16.8 Å². The smallest absolute Gasteiger partial charge is 0.124 e. The van der Waals surface area contributed by atoms with Gasteiger partial charge < -0.3 is 9.94 Å². The molecule has 0 aromatic heterocycles. The van der Waals surface area contributed by atoms with Crippen LogP contribution in [0.3, 0.4) is 0 Å². The molecule has 3 nitrogen and oxygen atoms in total. The number of hydrogen-bond acceptors (Lipinski definition) is 3. The summed E-state index contributed by atoms with van der Waals surface area (Å²) in [4.78, 5) is 4.75. The number of phenols is 1. The zero-order valence-corrected chi connectivity index (χ0v) is 7.95. The summed E-state index contributed by atoms with van der Waals surface area (Å²) in [5, 5.41) is 13.5. The minimum Gasteiger partial charge on any atom is -0.507 e. The molecule has 0 saturated heterocycles. The van der Waals surface area contributed by atoms with Crippen LogP contribution in [0.1, 0.15) is 12.5 Å². The summed E-state index contributed by atoms with van der Waals surface area (Å²) >= 11 is 5.72. The van der Waals surface area contributed by atoms with Crippen molar-refractivity contribution in [1.82, 2.24) is 0 Å². The highest BCUT2D eigenvalue weighted by molar-refractivity contribution is 6.30. The molecule has 0 amide bonds. The molecule has 1 rings (SSSR count). The average molecular weight is 200 g/mol. The monoisotopic (exact) mass is 199 g/mol. The van der Waals surface area contributed by atoms with E-state index >= 15 is 0 Å². The summed E-state index contributed by atoms with van der Waals surface area (Å²) in [5.41, 5.74) is 0.543. The summed E-state index contributed by atoms with van der Waals surface area (Å²) < 4.78 is 0. The Bertz CT molecular complexity index is 312. The number of rotatable bonds is 3. The van der Waals surface area contributed by atoms with Crippen molar-refractivity contribution in [1.29, 1.82) is 0 Å². The Hall–Kier alpha value is -1.22. The van der Waals surface area contributed by atoms with E-state index in [1.165, 1.54) is 12.3 Å². The molecule has 0 unspecified atom stereocenters. The van der Waals surface area contributed by atoms with Crippen LogP contribution in [0.4, 0.5) is 0 Å². The van der Waals surface area contributed by atoms with Gasteiger partial charge in [0, 0.05) is 10.6 Å². The molecular formula is C9H10ClNO2. The van der Waals surface area contributed by atoms with E-state index in [9.17, 15) is 5.11 Å².